The molecule has 0 aliphatic heterocycles. The third kappa shape index (κ3) is 2.09. The molecule has 1 atom stereocenters. The van der Waals surface area contributed by atoms with Gasteiger partial charge < -0.3 is 0 Å². The number of halogens is 1. The Bertz CT molecular complexity index is 279. The second kappa shape index (κ2) is 3.91. The normalized spacial score (nSPS) is 13.0. The molecule has 0 saturated heterocycles. The van der Waals surface area contributed by atoms with Gasteiger partial charge in [-0.2, -0.15) is 0 Å². The first-order valence-corrected chi connectivity index (χ1v) is 4.83. The minimum absolute atomic E-state index is 0.123. The highest BCUT2D eigenvalue weighted by atomic mass is 19.1. The van der Waals surface area contributed by atoms with Crippen LogP contribution in [-0.2, 0) is 0 Å². The van der Waals surface area contributed by atoms with E-state index in [0.29, 0.717) is 5.92 Å². The smallest absolute Gasteiger partial charge is 0.123 e. The minimum atomic E-state index is -0.123. The fraction of sp³-hybridized carbons (Fsp3) is 0.500. The van der Waals surface area contributed by atoms with Crippen LogP contribution in [0.4, 0.5) is 4.39 Å². The van der Waals surface area contributed by atoms with Crippen LogP contribution in [0.25, 0.3) is 0 Å². The number of benzene rings is 1. The van der Waals surface area contributed by atoms with E-state index in [-0.39, 0.29) is 5.82 Å². The van der Waals surface area contributed by atoms with Gasteiger partial charge in [0, 0.05) is 0 Å². The largest absolute Gasteiger partial charge is 0.207 e. The molecule has 0 nitrogen and oxygen atoms in total. The predicted molar refractivity (Wildman–Crippen MR) is 54.6 cm³/mol. The van der Waals surface area contributed by atoms with E-state index in [4.69, 9.17) is 0 Å². The molecule has 0 saturated carbocycles. The monoisotopic (exact) mass is 180 g/mol. The zero-order chi connectivity index (χ0) is 10.0. The standard InChI is InChI=1S/C12H17F/c1-5-8(2)12-9(3)6-11(13)7-10(12)4/h6-8H,5H2,1-4H3/t8-/m1/s1. The van der Waals surface area contributed by atoms with Gasteiger partial charge in [0.25, 0.3) is 0 Å². The summed E-state index contributed by atoms with van der Waals surface area (Å²) in [6, 6.07) is 3.24. The van der Waals surface area contributed by atoms with Gasteiger partial charge >= 0.3 is 0 Å². The number of hydrogen-bond donors (Lipinski definition) is 0. The second-order valence-electron chi connectivity index (χ2n) is 3.76. The van der Waals surface area contributed by atoms with Crippen molar-refractivity contribution in [3.8, 4) is 0 Å². The molecule has 0 bridgehead atoms. The number of hydrogen-bond acceptors (Lipinski definition) is 0. The van der Waals surface area contributed by atoms with Crippen molar-refractivity contribution in [3.63, 3.8) is 0 Å². The summed E-state index contributed by atoms with van der Waals surface area (Å²) < 4.78 is 13.0. The molecule has 0 heterocycles. The van der Waals surface area contributed by atoms with Gasteiger partial charge in [0.05, 0.1) is 0 Å². The molecule has 1 aromatic rings. The van der Waals surface area contributed by atoms with E-state index >= 15 is 0 Å². The zero-order valence-electron chi connectivity index (χ0n) is 8.82. The first kappa shape index (κ1) is 10.2. The van der Waals surface area contributed by atoms with Crippen molar-refractivity contribution in [2.45, 2.75) is 40.0 Å². The van der Waals surface area contributed by atoms with Gasteiger partial charge in [-0.05, 0) is 55.0 Å². The molecule has 0 spiro atoms. The van der Waals surface area contributed by atoms with Crippen molar-refractivity contribution >= 4 is 0 Å². The van der Waals surface area contributed by atoms with Crippen molar-refractivity contribution < 1.29 is 4.39 Å². The van der Waals surface area contributed by atoms with E-state index in [9.17, 15) is 4.39 Å². The van der Waals surface area contributed by atoms with Crippen molar-refractivity contribution in [2.24, 2.45) is 0 Å². The van der Waals surface area contributed by atoms with Gasteiger partial charge in [0.15, 0.2) is 0 Å². The average Bonchev–Trinajstić information content (AvgIpc) is 2.02. The van der Waals surface area contributed by atoms with E-state index in [0.717, 1.165) is 17.5 Å². The maximum Gasteiger partial charge on any atom is 0.123 e. The third-order valence-electron chi connectivity index (χ3n) is 2.66. The van der Waals surface area contributed by atoms with E-state index in [1.54, 1.807) is 12.1 Å². The van der Waals surface area contributed by atoms with Crippen LogP contribution in [0.5, 0.6) is 0 Å². The molecule has 0 aliphatic rings. The summed E-state index contributed by atoms with van der Waals surface area (Å²) in [7, 11) is 0. The zero-order valence-corrected chi connectivity index (χ0v) is 8.82. The molecule has 1 heteroatoms. The lowest BCUT2D eigenvalue weighted by Gasteiger charge is -2.15. The number of rotatable bonds is 2. The van der Waals surface area contributed by atoms with Gasteiger partial charge in [-0.1, -0.05) is 13.8 Å². The third-order valence-corrected chi connectivity index (χ3v) is 2.66. The first-order valence-electron chi connectivity index (χ1n) is 4.83. The lowest BCUT2D eigenvalue weighted by atomic mass is 9.90. The maximum atomic E-state index is 13.0. The van der Waals surface area contributed by atoms with Gasteiger partial charge in [0.1, 0.15) is 5.82 Å². The van der Waals surface area contributed by atoms with E-state index in [2.05, 4.69) is 13.8 Å². The molecule has 0 unspecified atom stereocenters. The van der Waals surface area contributed by atoms with Crippen molar-refractivity contribution in [1.29, 1.82) is 0 Å². The molecule has 0 radical (unpaired) electrons. The second-order valence-corrected chi connectivity index (χ2v) is 3.76. The van der Waals surface area contributed by atoms with Gasteiger partial charge in [-0.3, -0.25) is 0 Å². The van der Waals surface area contributed by atoms with Crippen LogP contribution in [-0.4, -0.2) is 0 Å². The summed E-state index contributed by atoms with van der Waals surface area (Å²) in [5, 5.41) is 0. The van der Waals surface area contributed by atoms with Gasteiger partial charge in [-0.15, -0.1) is 0 Å². The summed E-state index contributed by atoms with van der Waals surface area (Å²) in [5.41, 5.74) is 3.46. The summed E-state index contributed by atoms with van der Waals surface area (Å²) in [5.74, 6) is 0.405. The highest BCUT2D eigenvalue weighted by Crippen LogP contribution is 2.26. The lowest BCUT2D eigenvalue weighted by molar-refractivity contribution is 0.620. The molecule has 72 valence electrons. The topological polar surface area (TPSA) is 0 Å². The molecule has 0 fully saturated rings. The molecule has 0 aliphatic carbocycles. The fourth-order valence-electron chi connectivity index (χ4n) is 1.90. The Labute approximate surface area is 79.8 Å². The van der Waals surface area contributed by atoms with Crippen LogP contribution >= 0.6 is 0 Å². The van der Waals surface area contributed by atoms with Crippen molar-refractivity contribution in [3.05, 3.63) is 34.6 Å². The SMILES string of the molecule is CC[C@@H](C)c1c(C)cc(F)cc1C. The Morgan fingerprint density at radius 2 is 1.69 bits per heavy atom. The van der Waals surface area contributed by atoms with Crippen LogP contribution in [0, 0.1) is 19.7 Å². The van der Waals surface area contributed by atoms with Crippen LogP contribution in [0.1, 0.15) is 42.9 Å². The Morgan fingerprint density at radius 3 is 2.08 bits per heavy atom. The summed E-state index contributed by atoms with van der Waals surface area (Å²) in [6.07, 6.45) is 1.10. The van der Waals surface area contributed by atoms with Crippen LogP contribution < -0.4 is 0 Å². The minimum Gasteiger partial charge on any atom is -0.207 e. The Balaban J connectivity index is 3.20. The quantitative estimate of drug-likeness (QED) is 0.646. The lowest BCUT2D eigenvalue weighted by Crippen LogP contribution is -1.99. The van der Waals surface area contributed by atoms with E-state index in [1.165, 1.54) is 5.56 Å². The predicted octanol–water partition coefficient (Wildman–Crippen LogP) is 3.96. The maximum absolute atomic E-state index is 13.0. The van der Waals surface area contributed by atoms with Gasteiger partial charge in [-0.25, -0.2) is 4.39 Å². The fourth-order valence-corrected chi connectivity index (χ4v) is 1.90. The molecule has 0 amide bonds. The highest BCUT2D eigenvalue weighted by Gasteiger charge is 2.10. The molecule has 1 rings (SSSR count). The average molecular weight is 180 g/mol. The molecule has 13 heavy (non-hydrogen) atoms. The van der Waals surface area contributed by atoms with Crippen LogP contribution in [0.15, 0.2) is 12.1 Å². The first-order chi connectivity index (χ1) is 6.06. The van der Waals surface area contributed by atoms with Crippen molar-refractivity contribution in [1.82, 2.24) is 0 Å². The van der Waals surface area contributed by atoms with E-state index in [1.807, 2.05) is 13.8 Å². The summed E-state index contributed by atoms with van der Waals surface area (Å²) >= 11 is 0. The molecule has 0 aromatic heterocycles. The molecule has 1 aromatic carbocycles. The Morgan fingerprint density at radius 1 is 1.23 bits per heavy atom. The molecular formula is C12H17F. The summed E-state index contributed by atoms with van der Waals surface area (Å²) in [4.78, 5) is 0. The highest BCUT2D eigenvalue weighted by molar-refractivity contribution is 5.36. The molecular weight excluding hydrogens is 163 g/mol. The van der Waals surface area contributed by atoms with Crippen molar-refractivity contribution in [2.75, 3.05) is 0 Å². The Kier molecular flexibility index (Phi) is 3.07. The van der Waals surface area contributed by atoms with Crippen LogP contribution in [0.3, 0.4) is 0 Å². The molecule has 0 N–H and O–H groups in total. The van der Waals surface area contributed by atoms with E-state index < -0.39 is 0 Å². The number of aryl methyl sites for hydroxylation is 2. The summed E-state index contributed by atoms with van der Waals surface area (Å²) in [6.45, 7) is 8.31. The Hall–Kier alpha value is -0.850. The van der Waals surface area contributed by atoms with Gasteiger partial charge in [0.2, 0.25) is 0 Å². The van der Waals surface area contributed by atoms with Crippen LogP contribution in [0.2, 0.25) is 0 Å².